The number of esters is 3. The zero-order chi connectivity index (χ0) is 106. The van der Waals surface area contributed by atoms with Crippen LogP contribution in [0.5, 0.6) is 0 Å². The second-order valence-electron chi connectivity index (χ2n) is 46.4. The molecule has 0 spiro atoms. The Labute approximate surface area is 901 Å². The molecule has 0 aromatic carbocycles. The zero-order valence-electron chi connectivity index (χ0n) is 94.6. The van der Waals surface area contributed by atoms with Crippen molar-refractivity contribution in [1.29, 1.82) is 0 Å². The number of carboxylic acid groups (broad SMARTS) is 2. The standard InChI is InChI=1S/C16H29N3O3.C16H30N2O2.2C14H26N2O2.C12H22N2O2.C11H16N2O.C11H16N2.C10H20N2OS.C10H20N2S/c1-17(2)15(20)12-22-16(21)13-4-10-19(11-5-13)14-6-8-18(3)9-7-14;1-3-20-16(19)5-4-14-6-12-18(13-7-14)15-8-10-17(2)11-9-15;1-15-8-6-13(7-9-15)16-10-4-12(5-11-16)2-3-14(17)18;1-3-18-14(17)12-4-10-16(11-5-12)13-6-8-15(2)9-7-13;1-13-6-4-11(5-7-13)14-8-2-10(3-9-14)12(15)16;1-12-6-2-10(3-7-12)11-4-8-13(14)9-5-11;1-13-8-4-11(5-9-13)10-2-6-12-7-3-10;1-11-4-2-10(3-5-11)12-6-8-14(13)9-7-12;1-11-4-6-12(7-5-11)10-2-8-13-9-3-10/h13-14H,4-12H2,1-3H3;14-15H,3-13H2,1-2H3;12-13H,2-11H2,1H3,(H,17,18);12-13H,3-11H2,1-2H3;10-11H,2-9H2,1H3,(H,15,16);4-5,8-10H,2-3,6-7H2,1H3;2-3,6-7,11H,4-5,8-9H2,1H3;10H,2-9H2,1H3;10H,2-9H2,1H3. The highest BCUT2D eigenvalue weighted by molar-refractivity contribution is 7.99. The molecule has 16 fully saturated rings. The first-order valence-corrected chi connectivity index (χ1v) is 61.1. The molecule has 846 valence electrons. The summed E-state index contributed by atoms with van der Waals surface area (Å²) in [6, 6.07) is 13.6. The van der Waals surface area contributed by atoms with Gasteiger partial charge in [0, 0.05) is 155 Å². The number of carbonyl (C=O) groups excluding carboxylic acids is 4. The summed E-state index contributed by atoms with van der Waals surface area (Å²) in [5, 5.41) is 28.5. The van der Waals surface area contributed by atoms with Crippen LogP contribution in [0.1, 0.15) is 242 Å². The molecule has 2 aromatic rings. The Hall–Kier alpha value is -5.22. The van der Waals surface area contributed by atoms with Crippen LogP contribution in [0.15, 0.2) is 49.1 Å². The van der Waals surface area contributed by atoms with Gasteiger partial charge in [0.05, 0.1) is 31.0 Å². The maximum atomic E-state index is 12.0. The van der Waals surface area contributed by atoms with Gasteiger partial charge in [-0.25, -0.2) is 0 Å². The number of piperazine rings is 1. The minimum Gasteiger partial charge on any atom is -0.619 e. The second-order valence-corrected chi connectivity index (χ2v) is 49.3. The fourth-order valence-corrected chi connectivity index (χ4v) is 26.8. The molecular formula is C114H205N19O13S2. The SMILES string of the molecule is CCOC(=O)C1CCN(C2CCN(C)CC2)CC1.CCOC(=O)CCC1CCN(C2CCN(C)CC2)CC1.CN1CCC(N2CCC(C(=O)O)CC2)CC1.CN1CCC(N2CCC(C(=O)OCC(=O)N(C)C)CC2)CC1.CN1CCC(N2CCC(CCC(=O)O)CC2)CC1.CN1CCC(N2CCS(=O)CC2)CC1.CN1CCC(c2cc[n+]([O-])cc2)CC1.CN1CCC(c2ccncc2)CC1.CN1CCN(C2CCSCC2)CC1. The van der Waals surface area contributed by atoms with Gasteiger partial charge >= 0.3 is 29.8 Å². The van der Waals surface area contributed by atoms with Crippen molar-refractivity contribution in [3.63, 3.8) is 0 Å². The van der Waals surface area contributed by atoms with E-state index in [2.05, 4.69) is 171 Å². The van der Waals surface area contributed by atoms with E-state index in [-0.39, 0.29) is 48.2 Å². The van der Waals surface area contributed by atoms with Gasteiger partial charge in [0.15, 0.2) is 19.0 Å². The molecule has 148 heavy (non-hydrogen) atoms. The third-order valence-corrected chi connectivity index (χ3v) is 37.8. The van der Waals surface area contributed by atoms with Crippen molar-refractivity contribution in [2.24, 2.45) is 29.6 Å². The Bertz CT molecular complexity index is 3930. The first kappa shape index (κ1) is 125. The average Bonchev–Trinajstić information content (AvgIpc) is 0.854. The lowest BCUT2D eigenvalue weighted by atomic mass is 9.90. The molecule has 16 aliphatic rings. The van der Waals surface area contributed by atoms with Crippen LogP contribution in [0.2, 0.25) is 0 Å². The van der Waals surface area contributed by atoms with Crippen molar-refractivity contribution in [3.8, 4) is 0 Å². The molecule has 32 nitrogen and oxygen atoms in total. The number of aliphatic carboxylic acids is 2. The van der Waals surface area contributed by atoms with E-state index >= 15 is 0 Å². The lowest BCUT2D eigenvalue weighted by Crippen LogP contribution is -2.49. The zero-order valence-corrected chi connectivity index (χ0v) is 96.2. The molecule has 1 amide bonds. The van der Waals surface area contributed by atoms with E-state index in [1.807, 2.05) is 38.4 Å². The summed E-state index contributed by atoms with van der Waals surface area (Å²) in [4.78, 5) is 113. The number of carbonyl (C=O) groups is 6. The smallest absolute Gasteiger partial charge is 0.309 e. The summed E-state index contributed by atoms with van der Waals surface area (Å²) < 4.78 is 27.3. The Kier molecular flexibility index (Phi) is 58.1. The number of likely N-dealkylation sites (tertiary alicyclic amines) is 13. The normalized spacial score (nSPS) is 24.7. The third kappa shape index (κ3) is 46.3. The maximum absolute atomic E-state index is 12.0. The molecule has 18 heterocycles. The number of thioether (sulfide) groups is 1. The van der Waals surface area contributed by atoms with Gasteiger partial charge in [0.2, 0.25) is 0 Å². The van der Waals surface area contributed by atoms with E-state index in [9.17, 15) is 38.2 Å². The number of piperidine rings is 13. The van der Waals surface area contributed by atoms with E-state index in [1.54, 1.807) is 26.5 Å². The van der Waals surface area contributed by atoms with Crippen LogP contribution in [-0.2, 0) is 53.8 Å². The van der Waals surface area contributed by atoms with Gasteiger partial charge in [-0.1, -0.05) is 0 Å². The summed E-state index contributed by atoms with van der Waals surface area (Å²) in [6.45, 7) is 42.0. The largest absolute Gasteiger partial charge is 0.619 e. The number of amides is 1. The number of likely N-dealkylation sites (N-methyl/N-ethyl adjacent to an activating group) is 2. The third-order valence-electron chi connectivity index (χ3n) is 35.5. The van der Waals surface area contributed by atoms with Crippen LogP contribution in [0.4, 0.5) is 0 Å². The highest BCUT2D eigenvalue weighted by Crippen LogP contribution is 2.35. The van der Waals surface area contributed by atoms with E-state index in [0.717, 1.165) is 175 Å². The molecule has 0 radical (unpaired) electrons. The van der Waals surface area contributed by atoms with Crippen molar-refractivity contribution in [2.45, 2.75) is 273 Å². The van der Waals surface area contributed by atoms with E-state index in [1.165, 1.54) is 313 Å². The highest BCUT2D eigenvalue weighted by Gasteiger charge is 2.38. The predicted octanol–water partition coefficient (Wildman–Crippen LogP) is 10.7. The summed E-state index contributed by atoms with van der Waals surface area (Å²) >= 11 is 2.13. The van der Waals surface area contributed by atoms with Crippen LogP contribution in [0.3, 0.4) is 0 Å². The number of hydrogen-bond acceptors (Lipinski definition) is 29. The second kappa shape index (κ2) is 69.0. The first-order valence-electron chi connectivity index (χ1n) is 58.4. The molecule has 34 heteroatoms. The van der Waals surface area contributed by atoms with Gasteiger partial charge in [-0.3, -0.25) is 47.8 Å². The van der Waals surface area contributed by atoms with E-state index < -0.39 is 22.7 Å². The number of hydrogen-bond donors (Lipinski definition) is 2. The molecule has 16 aliphatic heterocycles. The first-order chi connectivity index (χ1) is 71.4. The van der Waals surface area contributed by atoms with E-state index in [0.29, 0.717) is 50.0 Å². The Morgan fingerprint density at radius 2 is 0.642 bits per heavy atom. The number of carboxylic acids is 2. The summed E-state index contributed by atoms with van der Waals surface area (Å²) in [5.41, 5.74) is 2.77. The molecule has 0 bridgehead atoms. The fraction of sp³-hybridized carbons (Fsp3) is 0.860. The minimum atomic E-state index is -0.646. The molecule has 0 aliphatic carbocycles. The van der Waals surface area contributed by atoms with Crippen molar-refractivity contribution < 1.29 is 62.1 Å². The number of nitrogens with zero attached hydrogens (tertiary/aromatic N) is 19. The highest BCUT2D eigenvalue weighted by atomic mass is 32.2. The Balaban J connectivity index is 0.000000171. The van der Waals surface area contributed by atoms with Gasteiger partial charge in [0.1, 0.15) is 0 Å². The van der Waals surface area contributed by atoms with Crippen molar-refractivity contribution in [2.75, 3.05) is 330 Å². The number of ether oxygens (including phenoxy) is 3. The topological polar surface area (TPSA) is 283 Å². The van der Waals surface area contributed by atoms with Crippen LogP contribution in [-0.4, -0.2) is 511 Å². The molecular weight excluding hydrogens is 1910 g/mol. The molecule has 0 unspecified atom stereocenters. The van der Waals surface area contributed by atoms with Crippen LogP contribution < -0.4 is 4.73 Å². The van der Waals surface area contributed by atoms with Crippen LogP contribution >= 0.6 is 11.8 Å². The van der Waals surface area contributed by atoms with Crippen molar-refractivity contribution >= 4 is 58.3 Å². The maximum Gasteiger partial charge on any atom is 0.309 e. The lowest BCUT2D eigenvalue weighted by Gasteiger charge is -2.41. The van der Waals surface area contributed by atoms with Gasteiger partial charge in [-0.2, -0.15) is 16.5 Å². The Morgan fingerprint density at radius 3 is 0.966 bits per heavy atom. The van der Waals surface area contributed by atoms with Gasteiger partial charge in [-0.05, 0) is 499 Å². The number of rotatable bonds is 22. The fourth-order valence-electron chi connectivity index (χ4n) is 24.7. The van der Waals surface area contributed by atoms with Gasteiger partial charge < -0.3 is 103 Å². The van der Waals surface area contributed by atoms with Crippen LogP contribution in [0.25, 0.3) is 0 Å². The lowest BCUT2D eigenvalue weighted by molar-refractivity contribution is -0.605. The Morgan fingerprint density at radius 1 is 0.358 bits per heavy atom. The van der Waals surface area contributed by atoms with Crippen molar-refractivity contribution in [3.05, 3.63) is 65.4 Å². The molecule has 2 aromatic heterocycles. The summed E-state index contributed by atoms with van der Waals surface area (Å²) in [5.74, 6) is 5.70. The molecule has 18 rings (SSSR count). The molecule has 0 atom stereocenters. The quantitative estimate of drug-likeness (QED) is 0.0479. The predicted molar refractivity (Wildman–Crippen MR) is 599 cm³/mol. The van der Waals surface area contributed by atoms with Gasteiger partial charge in [-0.15, -0.1) is 0 Å². The van der Waals surface area contributed by atoms with E-state index in [4.69, 9.17) is 24.4 Å². The molecule has 16 saturated heterocycles. The van der Waals surface area contributed by atoms with Crippen LogP contribution in [0, 0.1) is 34.8 Å². The molecule has 2 N–H and O–H groups in total. The number of pyridine rings is 2. The average molecular weight is 2110 g/mol. The summed E-state index contributed by atoms with van der Waals surface area (Å²) in [7, 11) is 22.6. The minimum absolute atomic E-state index is 0.0144. The molecule has 0 saturated carbocycles. The summed E-state index contributed by atoms with van der Waals surface area (Å²) in [6.07, 6.45) is 43.2. The van der Waals surface area contributed by atoms with Gasteiger partial charge in [0.25, 0.3) is 5.91 Å². The monoisotopic (exact) mass is 2110 g/mol. The number of aromatic nitrogens is 2. The van der Waals surface area contributed by atoms with Crippen molar-refractivity contribution in [1.82, 2.24) is 88.3 Å².